The fourth-order valence-corrected chi connectivity index (χ4v) is 3.13. The van der Waals surface area contributed by atoms with Crippen LogP contribution in [0.5, 0.6) is 0 Å². The Morgan fingerprint density at radius 1 is 0.650 bits per heavy atom. The van der Waals surface area contributed by atoms with Gasteiger partial charge in [0.1, 0.15) is 0 Å². The molecule has 1 rings (SSSR count). The van der Waals surface area contributed by atoms with Gasteiger partial charge >= 0.3 is 0 Å². The van der Waals surface area contributed by atoms with E-state index in [4.69, 9.17) is 0 Å². The Morgan fingerprint density at radius 2 is 1.20 bits per heavy atom. The van der Waals surface area contributed by atoms with Crippen LogP contribution in [0.25, 0.3) is 0 Å². The van der Waals surface area contributed by atoms with E-state index in [-0.39, 0.29) is 0 Å². The summed E-state index contributed by atoms with van der Waals surface area (Å²) >= 11 is 0. The van der Waals surface area contributed by atoms with Gasteiger partial charge in [-0.2, -0.15) is 0 Å². The van der Waals surface area contributed by atoms with E-state index < -0.39 is 0 Å². The van der Waals surface area contributed by atoms with Crippen LogP contribution < -0.4 is 0 Å². The summed E-state index contributed by atoms with van der Waals surface area (Å²) < 4.78 is 0. The van der Waals surface area contributed by atoms with Crippen molar-refractivity contribution in [1.82, 2.24) is 9.80 Å². The molecular formula is C18H38N2. The second kappa shape index (κ2) is 10.6. The molecular weight excluding hydrogens is 244 g/mol. The van der Waals surface area contributed by atoms with Gasteiger partial charge in [0.25, 0.3) is 0 Å². The van der Waals surface area contributed by atoms with Gasteiger partial charge in [-0.25, -0.2) is 0 Å². The first kappa shape index (κ1) is 18.0. The second-order valence-corrected chi connectivity index (χ2v) is 7.49. The number of nitrogens with zero attached hydrogens (tertiary/aromatic N) is 2. The average molecular weight is 283 g/mol. The predicted molar refractivity (Wildman–Crippen MR) is 90.3 cm³/mol. The van der Waals surface area contributed by atoms with Gasteiger partial charge < -0.3 is 9.80 Å². The molecule has 0 spiro atoms. The van der Waals surface area contributed by atoms with E-state index in [0.717, 1.165) is 11.8 Å². The maximum Gasteiger partial charge on any atom is 0.0110 e. The highest BCUT2D eigenvalue weighted by molar-refractivity contribution is 4.72. The monoisotopic (exact) mass is 282 g/mol. The van der Waals surface area contributed by atoms with Crippen molar-refractivity contribution in [2.24, 2.45) is 11.8 Å². The van der Waals surface area contributed by atoms with Gasteiger partial charge in [-0.1, -0.05) is 59.8 Å². The van der Waals surface area contributed by atoms with E-state index in [1.165, 1.54) is 77.8 Å². The number of hydrogen-bond donors (Lipinski definition) is 0. The molecule has 0 atom stereocenters. The normalized spacial score (nSPS) is 18.3. The van der Waals surface area contributed by atoms with Crippen molar-refractivity contribution in [2.45, 2.75) is 66.2 Å². The highest BCUT2D eigenvalue weighted by Crippen LogP contribution is 2.11. The van der Waals surface area contributed by atoms with Gasteiger partial charge in [-0.15, -0.1) is 0 Å². The molecule has 1 heterocycles. The fraction of sp³-hybridized carbons (Fsp3) is 1.00. The Hall–Kier alpha value is -0.0800. The molecule has 0 aromatic heterocycles. The SMILES string of the molecule is CC(C)CCCCCCCN1CCN(CC(C)C)CC1. The van der Waals surface area contributed by atoms with Gasteiger partial charge in [-0.05, 0) is 24.8 Å². The molecule has 120 valence electrons. The van der Waals surface area contributed by atoms with Crippen molar-refractivity contribution in [2.75, 3.05) is 39.3 Å². The quantitative estimate of drug-likeness (QED) is 0.553. The van der Waals surface area contributed by atoms with E-state index in [0.29, 0.717) is 0 Å². The summed E-state index contributed by atoms with van der Waals surface area (Å²) in [5.74, 6) is 1.70. The van der Waals surface area contributed by atoms with Crippen LogP contribution in [0, 0.1) is 11.8 Å². The van der Waals surface area contributed by atoms with Crippen LogP contribution in [-0.4, -0.2) is 49.1 Å². The first-order chi connectivity index (χ1) is 9.58. The van der Waals surface area contributed by atoms with Crippen molar-refractivity contribution in [3.63, 3.8) is 0 Å². The average Bonchev–Trinajstić information content (AvgIpc) is 2.38. The van der Waals surface area contributed by atoms with E-state index in [1.54, 1.807) is 0 Å². The molecule has 0 aromatic carbocycles. The first-order valence-electron chi connectivity index (χ1n) is 9.02. The van der Waals surface area contributed by atoms with Crippen LogP contribution in [0.4, 0.5) is 0 Å². The van der Waals surface area contributed by atoms with E-state index in [1.807, 2.05) is 0 Å². The third-order valence-electron chi connectivity index (χ3n) is 4.34. The van der Waals surface area contributed by atoms with Gasteiger partial charge in [0, 0.05) is 32.7 Å². The van der Waals surface area contributed by atoms with E-state index in [9.17, 15) is 0 Å². The van der Waals surface area contributed by atoms with Crippen LogP contribution in [0.15, 0.2) is 0 Å². The van der Waals surface area contributed by atoms with Crippen molar-refractivity contribution in [3.8, 4) is 0 Å². The van der Waals surface area contributed by atoms with E-state index in [2.05, 4.69) is 37.5 Å². The fourth-order valence-electron chi connectivity index (χ4n) is 3.13. The molecule has 2 nitrogen and oxygen atoms in total. The maximum atomic E-state index is 2.67. The Bertz CT molecular complexity index is 217. The highest BCUT2D eigenvalue weighted by Gasteiger charge is 2.16. The molecule has 0 radical (unpaired) electrons. The molecule has 0 bridgehead atoms. The minimum Gasteiger partial charge on any atom is -0.301 e. The van der Waals surface area contributed by atoms with E-state index >= 15 is 0 Å². The van der Waals surface area contributed by atoms with Crippen LogP contribution >= 0.6 is 0 Å². The smallest absolute Gasteiger partial charge is 0.0110 e. The van der Waals surface area contributed by atoms with Crippen LogP contribution in [0.2, 0.25) is 0 Å². The Labute approximate surface area is 127 Å². The lowest BCUT2D eigenvalue weighted by Crippen LogP contribution is -2.47. The summed E-state index contributed by atoms with van der Waals surface area (Å²) in [7, 11) is 0. The van der Waals surface area contributed by atoms with Crippen molar-refractivity contribution in [3.05, 3.63) is 0 Å². The molecule has 0 amide bonds. The molecule has 1 aliphatic heterocycles. The lowest BCUT2D eigenvalue weighted by atomic mass is 10.0. The number of unbranched alkanes of at least 4 members (excludes halogenated alkanes) is 4. The Morgan fingerprint density at radius 3 is 1.80 bits per heavy atom. The molecule has 0 aliphatic carbocycles. The van der Waals surface area contributed by atoms with Gasteiger partial charge in [0.05, 0.1) is 0 Å². The van der Waals surface area contributed by atoms with Crippen molar-refractivity contribution in [1.29, 1.82) is 0 Å². The third kappa shape index (κ3) is 8.97. The third-order valence-corrected chi connectivity index (χ3v) is 4.34. The zero-order valence-electron chi connectivity index (χ0n) is 14.5. The zero-order chi connectivity index (χ0) is 14.8. The second-order valence-electron chi connectivity index (χ2n) is 7.49. The standard InChI is InChI=1S/C18H38N2/c1-17(2)10-8-6-5-7-9-11-19-12-14-20(15-13-19)16-18(3)4/h17-18H,5-16H2,1-4H3. The Kier molecular flexibility index (Phi) is 9.54. The largest absolute Gasteiger partial charge is 0.301 e. The number of hydrogen-bond acceptors (Lipinski definition) is 2. The van der Waals surface area contributed by atoms with Crippen LogP contribution in [-0.2, 0) is 0 Å². The van der Waals surface area contributed by atoms with Crippen molar-refractivity contribution >= 4 is 0 Å². The van der Waals surface area contributed by atoms with Crippen LogP contribution in [0.3, 0.4) is 0 Å². The molecule has 2 heteroatoms. The van der Waals surface area contributed by atoms with Gasteiger partial charge in [-0.3, -0.25) is 0 Å². The summed E-state index contributed by atoms with van der Waals surface area (Å²) in [5.41, 5.74) is 0. The molecule has 1 saturated heterocycles. The minimum atomic E-state index is 0.812. The molecule has 0 saturated carbocycles. The van der Waals surface area contributed by atoms with Gasteiger partial charge in [0.2, 0.25) is 0 Å². The summed E-state index contributed by atoms with van der Waals surface area (Å²) in [6, 6.07) is 0. The maximum absolute atomic E-state index is 2.67. The lowest BCUT2D eigenvalue weighted by Gasteiger charge is -2.35. The molecule has 0 N–H and O–H groups in total. The zero-order valence-corrected chi connectivity index (χ0v) is 14.5. The molecule has 1 aliphatic rings. The van der Waals surface area contributed by atoms with Crippen LogP contribution in [0.1, 0.15) is 66.2 Å². The molecule has 1 fully saturated rings. The number of piperazine rings is 1. The number of rotatable bonds is 10. The summed E-state index contributed by atoms with van der Waals surface area (Å²) in [5, 5.41) is 0. The lowest BCUT2D eigenvalue weighted by molar-refractivity contribution is 0.121. The first-order valence-corrected chi connectivity index (χ1v) is 9.02. The topological polar surface area (TPSA) is 6.48 Å². The minimum absolute atomic E-state index is 0.812. The predicted octanol–water partition coefficient (Wildman–Crippen LogP) is 4.26. The van der Waals surface area contributed by atoms with Crippen molar-refractivity contribution < 1.29 is 0 Å². The molecule has 0 unspecified atom stereocenters. The highest BCUT2D eigenvalue weighted by atomic mass is 15.3. The summed E-state index contributed by atoms with van der Waals surface area (Å²) in [6.07, 6.45) is 8.58. The van der Waals surface area contributed by atoms with Gasteiger partial charge in [0.15, 0.2) is 0 Å². The summed E-state index contributed by atoms with van der Waals surface area (Å²) in [4.78, 5) is 5.30. The molecule has 0 aromatic rings. The molecule has 20 heavy (non-hydrogen) atoms. The summed E-state index contributed by atoms with van der Waals surface area (Å²) in [6.45, 7) is 17.1. The Balaban J connectivity index is 1.91.